The van der Waals surface area contributed by atoms with Crippen molar-refractivity contribution < 1.29 is 19.2 Å². The van der Waals surface area contributed by atoms with Crippen LogP contribution in [0.25, 0.3) is 5.69 Å². The van der Waals surface area contributed by atoms with Crippen molar-refractivity contribution in [2.24, 2.45) is 0 Å². The Balaban J connectivity index is 2.06. The summed E-state index contributed by atoms with van der Waals surface area (Å²) >= 11 is 5.80. The van der Waals surface area contributed by atoms with Gasteiger partial charge in [-0.2, -0.15) is 5.10 Å². The lowest BCUT2D eigenvalue weighted by Gasteiger charge is -2.11. The molecule has 0 bridgehead atoms. The quantitative estimate of drug-likeness (QED) is 0.372. The molecule has 0 saturated carbocycles. The van der Waals surface area contributed by atoms with E-state index in [4.69, 9.17) is 16.3 Å². The van der Waals surface area contributed by atoms with Crippen molar-refractivity contribution in [3.8, 4) is 5.69 Å². The second-order valence-electron chi connectivity index (χ2n) is 5.75. The largest absolute Gasteiger partial charge is 0.462 e. The Labute approximate surface area is 170 Å². The molecule has 29 heavy (non-hydrogen) atoms. The maximum Gasteiger partial charge on any atom is 0.343 e. The highest BCUT2D eigenvalue weighted by molar-refractivity contribution is 6.31. The number of nitrogens with one attached hydrogen (secondary N) is 1. The Morgan fingerprint density at radius 2 is 1.93 bits per heavy atom. The van der Waals surface area contributed by atoms with E-state index in [2.05, 4.69) is 10.4 Å². The number of ether oxygens (including phenoxy) is 1. The molecular weight excluding hydrogens is 400 g/mol. The van der Waals surface area contributed by atoms with Gasteiger partial charge in [-0.15, -0.1) is 0 Å². The summed E-state index contributed by atoms with van der Waals surface area (Å²) in [6, 6.07) is 12.5. The average molecular weight is 415 g/mol. The molecule has 148 valence electrons. The van der Waals surface area contributed by atoms with Crippen LogP contribution in [0.1, 0.15) is 27.6 Å². The fourth-order valence-corrected chi connectivity index (χ4v) is 2.78. The number of nitro benzene ring substituents is 1. The number of nitro groups is 1. The van der Waals surface area contributed by atoms with Gasteiger partial charge in [0.15, 0.2) is 5.82 Å². The Morgan fingerprint density at radius 1 is 1.21 bits per heavy atom. The van der Waals surface area contributed by atoms with Crippen molar-refractivity contribution in [1.82, 2.24) is 9.78 Å². The van der Waals surface area contributed by atoms with Gasteiger partial charge in [-0.1, -0.05) is 29.8 Å². The van der Waals surface area contributed by atoms with Crippen LogP contribution in [0, 0.1) is 10.1 Å². The second-order valence-corrected chi connectivity index (χ2v) is 6.18. The first kappa shape index (κ1) is 20.0. The van der Waals surface area contributed by atoms with Crippen molar-refractivity contribution in [3.63, 3.8) is 0 Å². The monoisotopic (exact) mass is 414 g/mol. The van der Waals surface area contributed by atoms with Gasteiger partial charge in [0.2, 0.25) is 0 Å². The molecule has 9 nitrogen and oxygen atoms in total. The molecule has 0 atom stereocenters. The van der Waals surface area contributed by atoms with Gasteiger partial charge in [0.25, 0.3) is 11.6 Å². The Bertz CT molecular complexity index is 1080. The Hall–Kier alpha value is -3.72. The highest BCUT2D eigenvalue weighted by Crippen LogP contribution is 2.26. The first-order valence-electron chi connectivity index (χ1n) is 8.48. The zero-order valence-corrected chi connectivity index (χ0v) is 15.9. The third-order valence-electron chi connectivity index (χ3n) is 3.90. The molecule has 3 rings (SSSR count). The predicted octanol–water partition coefficient (Wildman–Crippen LogP) is 3.86. The van der Waals surface area contributed by atoms with E-state index < -0.39 is 22.5 Å². The number of carbonyl (C=O) groups excluding carboxylic acids is 2. The summed E-state index contributed by atoms with van der Waals surface area (Å²) in [5, 5.41) is 18.1. The summed E-state index contributed by atoms with van der Waals surface area (Å²) in [5.41, 5.74) is -0.0851. The number of para-hydroxylation sites is 1. The van der Waals surface area contributed by atoms with Gasteiger partial charge in [-0.05, 0) is 31.2 Å². The van der Waals surface area contributed by atoms with E-state index in [0.29, 0.717) is 5.69 Å². The number of carbonyl (C=O) groups is 2. The molecule has 0 spiro atoms. The summed E-state index contributed by atoms with van der Waals surface area (Å²) < 4.78 is 6.35. The molecule has 0 saturated heterocycles. The topological polar surface area (TPSA) is 116 Å². The van der Waals surface area contributed by atoms with Crippen LogP contribution in [0.4, 0.5) is 11.5 Å². The lowest BCUT2D eigenvalue weighted by Crippen LogP contribution is -2.19. The first-order valence-corrected chi connectivity index (χ1v) is 8.86. The van der Waals surface area contributed by atoms with Crippen molar-refractivity contribution >= 4 is 35.0 Å². The Kier molecular flexibility index (Phi) is 5.89. The van der Waals surface area contributed by atoms with Crippen LogP contribution in [-0.4, -0.2) is 33.2 Å². The molecule has 3 aromatic rings. The highest BCUT2D eigenvalue weighted by Gasteiger charge is 2.25. The molecule has 0 aliphatic heterocycles. The number of hydrogen-bond donors (Lipinski definition) is 1. The molecular formula is C19H15ClN4O5. The smallest absolute Gasteiger partial charge is 0.343 e. The van der Waals surface area contributed by atoms with Gasteiger partial charge in [0.1, 0.15) is 11.1 Å². The van der Waals surface area contributed by atoms with Crippen LogP contribution < -0.4 is 5.32 Å². The number of halogens is 1. The molecule has 1 amide bonds. The zero-order valence-electron chi connectivity index (χ0n) is 15.2. The van der Waals surface area contributed by atoms with Crippen molar-refractivity contribution in [3.05, 3.63) is 81.0 Å². The number of esters is 1. The minimum absolute atomic E-state index is 0.0145. The van der Waals surface area contributed by atoms with Crippen molar-refractivity contribution in [1.29, 1.82) is 0 Å². The van der Waals surface area contributed by atoms with Gasteiger partial charge in [0, 0.05) is 11.1 Å². The minimum Gasteiger partial charge on any atom is -0.462 e. The number of amides is 1. The number of rotatable bonds is 6. The van der Waals surface area contributed by atoms with Crippen LogP contribution in [-0.2, 0) is 4.74 Å². The molecule has 0 aliphatic rings. The zero-order chi connectivity index (χ0) is 21.0. The standard InChI is InChI=1S/C19H15ClN4O5/c1-2-29-19(26)15-11-21-23(13-6-4-3-5-7-13)17(15)22-18(25)14-9-8-12(20)10-16(14)24(27)28/h3-11H,2H2,1H3,(H,22,25). The molecule has 1 N–H and O–H groups in total. The van der Waals surface area contributed by atoms with Crippen LogP contribution >= 0.6 is 11.6 Å². The normalized spacial score (nSPS) is 10.4. The molecule has 1 aromatic heterocycles. The van der Waals surface area contributed by atoms with E-state index in [0.717, 1.165) is 6.07 Å². The number of nitrogens with zero attached hydrogens (tertiary/aromatic N) is 3. The molecule has 2 aromatic carbocycles. The van der Waals surface area contributed by atoms with Gasteiger partial charge >= 0.3 is 5.97 Å². The maximum atomic E-state index is 12.8. The van der Waals surface area contributed by atoms with Crippen molar-refractivity contribution in [2.45, 2.75) is 6.92 Å². The van der Waals surface area contributed by atoms with Crippen LogP contribution in [0.2, 0.25) is 5.02 Å². The van der Waals surface area contributed by atoms with E-state index in [1.807, 2.05) is 0 Å². The van der Waals surface area contributed by atoms with E-state index in [1.165, 1.54) is 23.0 Å². The van der Waals surface area contributed by atoms with Crippen LogP contribution in [0.3, 0.4) is 0 Å². The summed E-state index contributed by atoms with van der Waals surface area (Å²) in [5.74, 6) is -1.45. The maximum absolute atomic E-state index is 12.8. The Morgan fingerprint density at radius 3 is 2.59 bits per heavy atom. The summed E-state index contributed by atoms with van der Waals surface area (Å²) in [6.45, 7) is 1.78. The SMILES string of the molecule is CCOC(=O)c1cnn(-c2ccccc2)c1NC(=O)c1ccc(Cl)cc1[N+](=O)[O-]. The molecule has 0 fully saturated rings. The summed E-state index contributed by atoms with van der Waals surface area (Å²) in [4.78, 5) is 35.7. The number of hydrogen-bond acceptors (Lipinski definition) is 6. The number of benzene rings is 2. The fraction of sp³-hybridized carbons (Fsp3) is 0.105. The fourth-order valence-electron chi connectivity index (χ4n) is 2.61. The summed E-state index contributed by atoms with van der Waals surface area (Å²) in [6.07, 6.45) is 1.26. The average Bonchev–Trinajstić information content (AvgIpc) is 3.12. The third kappa shape index (κ3) is 4.25. The first-order chi connectivity index (χ1) is 13.9. The molecule has 10 heteroatoms. The van der Waals surface area contributed by atoms with Gasteiger partial charge in [0.05, 0.1) is 23.4 Å². The van der Waals surface area contributed by atoms with Crippen LogP contribution in [0.15, 0.2) is 54.7 Å². The van der Waals surface area contributed by atoms with E-state index in [1.54, 1.807) is 37.3 Å². The number of anilines is 1. The van der Waals surface area contributed by atoms with E-state index in [9.17, 15) is 19.7 Å². The minimum atomic E-state index is -0.795. The van der Waals surface area contributed by atoms with Gasteiger partial charge in [-0.3, -0.25) is 14.9 Å². The van der Waals surface area contributed by atoms with Gasteiger partial charge < -0.3 is 10.1 Å². The second kappa shape index (κ2) is 8.53. The molecule has 1 heterocycles. The van der Waals surface area contributed by atoms with Crippen molar-refractivity contribution in [2.75, 3.05) is 11.9 Å². The molecule has 0 radical (unpaired) electrons. The highest BCUT2D eigenvalue weighted by atomic mass is 35.5. The number of aromatic nitrogens is 2. The van der Waals surface area contributed by atoms with Gasteiger partial charge in [-0.25, -0.2) is 9.48 Å². The molecule has 0 aliphatic carbocycles. The van der Waals surface area contributed by atoms with Crippen LogP contribution in [0.5, 0.6) is 0 Å². The van der Waals surface area contributed by atoms with E-state index in [-0.39, 0.29) is 28.6 Å². The molecule has 0 unspecified atom stereocenters. The van der Waals surface area contributed by atoms with E-state index >= 15 is 0 Å². The summed E-state index contributed by atoms with van der Waals surface area (Å²) in [7, 11) is 0. The lowest BCUT2D eigenvalue weighted by atomic mass is 10.1. The predicted molar refractivity (Wildman–Crippen MR) is 106 cm³/mol. The lowest BCUT2D eigenvalue weighted by molar-refractivity contribution is -0.385. The third-order valence-corrected chi connectivity index (χ3v) is 4.13.